The molecule has 2 aromatic rings. The van der Waals surface area contributed by atoms with Crippen molar-refractivity contribution in [2.45, 2.75) is 0 Å². The third kappa shape index (κ3) is 2.82. The van der Waals surface area contributed by atoms with Gasteiger partial charge in [0.2, 0.25) is 11.1 Å². The molecule has 9 nitrogen and oxygen atoms in total. The fraction of sp³-hybridized carbons (Fsp3) is 0. The molecule has 0 spiro atoms. The van der Waals surface area contributed by atoms with E-state index in [1.54, 1.807) is 0 Å². The smallest absolute Gasteiger partial charge is 0.360 e. The average molecular weight is 304 g/mol. The zero-order valence-corrected chi connectivity index (χ0v) is 10.8. The van der Waals surface area contributed by atoms with Crippen molar-refractivity contribution in [1.82, 2.24) is 9.78 Å². The molecule has 1 heterocycles. The van der Waals surface area contributed by atoms with Gasteiger partial charge in [0.25, 0.3) is 0 Å². The van der Waals surface area contributed by atoms with Gasteiger partial charge in [0.15, 0.2) is 0 Å². The molecule has 0 bridgehead atoms. The Morgan fingerprint density at radius 2 is 1.45 bits per heavy atom. The first-order valence-corrected chi connectivity index (χ1v) is 5.75. The number of hydrogen-bond acceptors (Lipinski definition) is 5. The maximum atomic E-state index is 11.3. The van der Waals surface area contributed by atoms with Crippen LogP contribution in [0, 0.1) is 0 Å². The summed E-state index contributed by atoms with van der Waals surface area (Å²) < 4.78 is 0.920. The molecule has 1 aromatic carbocycles. The highest BCUT2D eigenvalue weighted by molar-refractivity contribution is 5.94. The van der Waals surface area contributed by atoms with Gasteiger partial charge < -0.3 is 15.3 Å². The van der Waals surface area contributed by atoms with Crippen molar-refractivity contribution < 1.29 is 29.7 Å². The predicted octanol–water partition coefficient (Wildman–Crippen LogP) is 0.327. The van der Waals surface area contributed by atoms with Gasteiger partial charge in [-0.3, -0.25) is 4.79 Å². The molecular weight excluding hydrogens is 296 g/mol. The Bertz CT molecular complexity index is 821. The molecule has 0 unspecified atom stereocenters. The van der Waals surface area contributed by atoms with E-state index in [0.717, 1.165) is 35.1 Å². The van der Waals surface area contributed by atoms with E-state index in [2.05, 4.69) is 5.10 Å². The number of aromatic nitrogens is 2. The fourth-order valence-electron chi connectivity index (χ4n) is 1.69. The lowest BCUT2D eigenvalue weighted by Gasteiger charge is -2.08. The van der Waals surface area contributed by atoms with Gasteiger partial charge in [0.1, 0.15) is 0 Å². The van der Waals surface area contributed by atoms with Crippen LogP contribution in [-0.2, 0) is 0 Å². The van der Waals surface area contributed by atoms with Crippen LogP contribution in [-0.4, -0.2) is 43.0 Å². The second-order valence-electron chi connectivity index (χ2n) is 4.16. The van der Waals surface area contributed by atoms with Crippen LogP contribution in [0.4, 0.5) is 0 Å². The van der Waals surface area contributed by atoms with Crippen LogP contribution in [0.1, 0.15) is 31.2 Å². The summed E-state index contributed by atoms with van der Waals surface area (Å²) in [4.78, 5) is 44.3. The lowest BCUT2D eigenvalue weighted by Crippen LogP contribution is -2.20. The third-order valence-corrected chi connectivity index (χ3v) is 2.69. The van der Waals surface area contributed by atoms with Crippen molar-refractivity contribution in [3.8, 4) is 5.69 Å². The minimum absolute atomic E-state index is 0.000185. The molecule has 0 aliphatic carbocycles. The minimum atomic E-state index is -1.55. The molecule has 9 heteroatoms. The van der Waals surface area contributed by atoms with Gasteiger partial charge in [-0.05, 0) is 18.2 Å². The van der Waals surface area contributed by atoms with Gasteiger partial charge in [0, 0.05) is 12.3 Å². The summed E-state index contributed by atoms with van der Waals surface area (Å²) in [5, 5.41) is 30.4. The molecule has 0 fully saturated rings. The molecule has 112 valence electrons. The lowest BCUT2D eigenvalue weighted by atomic mass is 10.1. The predicted molar refractivity (Wildman–Crippen MR) is 70.7 cm³/mol. The van der Waals surface area contributed by atoms with E-state index in [0.29, 0.717) is 0 Å². The Balaban J connectivity index is 2.69. The van der Waals surface area contributed by atoms with Crippen molar-refractivity contribution in [3.63, 3.8) is 0 Å². The zero-order valence-electron chi connectivity index (χ0n) is 10.8. The summed E-state index contributed by atoms with van der Waals surface area (Å²) in [5.41, 5.74) is -2.21. The van der Waals surface area contributed by atoms with Gasteiger partial charge in [-0.25, -0.2) is 19.1 Å². The Morgan fingerprint density at radius 1 is 0.909 bits per heavy atom. The second-order valence-corrected chi connectivity index (χ2v) is 4.16. The molecule has 0 aliphatic rings. The van der Waals surface area contributed by atoms with Crippen LogP contribution in [0.5, 0.6) is 0 Å². The number of benzene rings is 1. The minimum Gasteiger partial charge on any atom is -0.478 e. The van der Waals surface area contributed by atoms with Crippen LogP contribution in [0.2, 0.25) is 0 Å². The standard InChI is InChI=1S/C13H8N2O7/c16-9-1-2-15(14-10(9)13(21)22)8-4-6(11(17)18)3-7(5-8)12(19)20/h1-5H,(H,17,18)(H,19,20)(H,21,22). The molecule has 0 saturated heterocycles. The monoisotopic (exact) mass is 304 g/mol. The molecule has 0 saturated carbocycles. The van der Waals surface area contributed by atoms with Crippen molar-refractivity contribution in [2.75, 3.05) is 0 Å². The first-order valence-electron chi connectivity index (χ1n) is 5.75. The molecule has 2 rings (SSSR count). The van der Waals surface area contributed by atoms with Gasteiger partial charge in [-0.15, -0.1) is 0 Å². The number of carbonyl (C=O) groups is 3. The summed E-state index contributed by atoms with van der Waals surface area (Å²) in [6.45, 7) is 0. The highest BCUT2D eigenvalue weighted by Crippen LogP contribution is 2.14. The fourth-order valence-corrected chi connectivity index (χ4v) is 1.69. The molecule has 1 aromatic heterocycles. The summed E-state index contributed by atoms with van der Waals surface area (Å²) >= 11 is 0. The van der Waals surface area contributed by atoms with Gasteiger partial charge in [0.05, 0.1) is 16.8 Å². The van der Waals surface area contributed by atoms with E-state index in [1.165, 1.54) is 0 Å². The number of nitrogens with zero attached hydrogens (tertiary/aromatic N) is 2. The quantitative estimate of drug-likeness (QED) is 0.732. The van der Waals surface area contributed by atoms with E-state index >= 15 is 0 Å². The van der Waals surface area contributed by atoms with Crippen LogP contribution >= 0.6 is 0 Å². The number of hydrogen-bond donors (Lipinski definition) is 3. The van der Waals surface area contributed by atoms with E-state index in [9.17, 15) is 19.2 Å². The zero-order chi connectivity index (χ0) is 16.4. The van der Waals surface area contributed by atoms with Gasteiger partial charge in [-0.1, -0.05) is 0 Å². The van der Waals surface area contributed by atoms with Crippen molar-refractivity contribution in [2.24, 2.45) is 0 Å². The normalized spacial score (nSPS) is 10.2. The van der Waals surface area contributed by atoms with E-state index < -0.39 is 29.0 Å². The average Bonchev–Trinajstić information content (AvgIpc) is 2.46. The maximum absolute atomic E-state index is 11.3. The van der Waals surface area contributed by atoms with Gasteiger partial charge in [-0.2, -0.15) is 5.10 Å². The second kappa shape index (κ2) is 5.48. The van der Waals surface area contributed by atoms with Gasteiger partial charge >= 0.3 is 17.9 Å². The molecular formula is C13H8N2O7. The summed E-state index contributed by atoms with van der Waals surface area (Å²) in [6.07, 6.45) is 1.11. The molecule has 0 radical (unpaired) electrons. The van der Waals surface area contributed by atoms with Crippen LogP contribution in [0.25, 0.3) is 5.69 Å². The number of rotatable bonds is 4. The number of aromatic carboxylic acids is 3. The molecule has 0 atom stereocenters. The van der Waals surface area contributed by atoms with Crippen LogP contribution < -0.4 is 5.43 Å². The van der Waals surface area contributed by atoms with Crippen molar-refractivity contribution in [3.05, 3.63) is 57.5 Å². The van der Waals surface area contributed by atoms with Crippen molar-refractivity contribution in [1.29, 1.82) is 0 Å². The van der Waals surface area contributed by atoms with E-state index in [-0.39, 0.29) is 16.8 Å². The Hall–Kier alpha value is -3.49. The van der Waals surface area contributed by atoms with Crippen molar-refractivity contribution >= 4 is 17.9 Å². The number of carboxylic acids is 3. The molecule has 22 heavy (non-hydrogen) atoms. The van der Waals surface area contributed by atoms with E-state index in [4.69, 9.17) is 15.3 Å². The third-order valence-electron chi connectivity index (χ3n) is 2.69. The Morgan fingerprint density at radius 3 is 1.91 bits per heavy atom. The lowest BCUT2D eigenvalue weighted by molar-refractivity contribution is 0.0675. The number of carboxylic acid groups (broad SMARTS) is 3. The molecule has 0 aliphatic heterocycles. The molecule has 3 N–H and O–H groups in total. The Labute approximate surface area is 121 Å². The van der Waals surface area contributed by atoms with E-state index in [1.807, 2.05) is 0 Å². The topological polar surface area (TPSA) is 147 Å². The largest absolute Gasteiger partial charge is 0.478 e. The highest BCUT2D eigenvalue weighted by atomic mass is 16.4. The summed E-state index contributed by atoms with van der Waals surface area (Å²) in [6, 6.07) is 4.11. The summed E-state index contributed by atoms with van der Waals surface area (Å²) in [5.74, 6) is -4.26. The molecule has 0 amide bonds. The first kappa shape index (κ1) is 14.9. The Kier molecular flexibility index (Phi) is 3.71. The maximum Gasteiger partial charge on any atom is 0.360 e. The van der Waals surface area contributed by atoms with Crippen LogP contribution in [0.15, 0.2) is 35.3 Å². The summed E-state index contributed by atoms with van der Waals surface area (Å²) in [7, 11) is 0. The SMILES string of the molecule is O=C(O)c1cc(C(=O)O)cc(-n2ccc(=O)c(C(=O)O)n2)c1. The highest BCUT2D eigenvalue weighted by Gasteiger charge is 2.15. The first-order chi connectivity index (χ1) is 10.3. The van der Waals surface area contributed by atoms with Crippen LogP contribution in [0.3, 0.4) is 0 Å².